The summed E-state index contributed by atoms with van der Waals surface area (Å²) >= 11 is 1.62. The van der Waals surface area contributed by atoms with Crippen LogP contribution in [0.2, 0.25) is 0 Å². The van der Waals surface area contributed by atoms with Crippen molar-refractivity contribution in [3.63, 3.8) is 0 Å². The fraction of sp³-hybridized carbons (Fsp3) is 0.379. The molecule has 0 spiro atoms. The third-order valence-electron chi connectivity index (χ3n) is 8.34. The second-order valence-electron chi connectivity index (χ2n) is 10.6. The smallest absolute Gasteiger partial charge is 0.254 e. The zero-order valence-electron chi connectivity index (χ0n) is 22.5. The van der Waals surface area contributed by atoms with Crippen LogP contribution < -0.4 is 10.5 Å². The van der Waals surface area contributed by atoms with Gasteiger partial charge in [0.1, 0.15) is 22.0 Å². The van der Waals surface area contributed by atoms with Crippen LogP contribution in [0.4, 0.5) is 0 Å². The van der Waals surface area contributed by atoms with Gasteiger partial charge in [-0.05, 0) is 63.8 Å². The summed E-state index contributed by atoms with van der Waals surface area (Å²) in [7, 11) is 1.63. The number of carbonyl (C=O) groups excluding carboxylic acids is 1. The number of ether oxygens (including phenoxy) is 1. The normalized spacial score (nSPS) is 20.5. The molecule has 9 nitrogen and oxygen atoms in total. The summed E-state index contributed by atoms with van der Waals surface area (Å²) < 4.78 is 9.93. The lowest BCUT2D eigenvalue weighted by atomic mass is 9.97. The van der Waals surface area contributed by atoms with Crippen LogP contribution in [0.3, 0.4) is 0 Å². The molecule has 7 rings (SSSR count). The van der Waals surface area contributed by atoms with Crippen molar-refractivity contribution in [3.05, 3.63) is 58.5 Å². The van der Waals surface area contributed by atoms with E-state index in [2.05, 4.69) is 34.7 Å². The van der Waals surface area contributed by atoms with Crippen molar-refractivity contribution >= 4 is 33.9 Å². The van der Waals surface area contributed by atoms with E-state index in [1.807, 2.05) is 41.5 Å². The zero-order chi connectivity index (χ0) is 27.0. The molecule has 0 unspecified atom stereocenters. The molecule has 200 valence electrons. The lowest BCUT2D eigenvalue weighted by Gasteiger charge is -2.23. The van der Waals surface area contributed by atoms with E-state index in [9.17, 15) is 4.79 Å². The molecule has 0 radical (unpaired) electrons. The average molecular weight is 542 g/mol. The second-order valence-corrected chi connectivity index (χ2v) is 11.8. The monoisotopic (exact) mass is 541 g/mol. The van der Waals surface area contributed by atoms with Gasteiger partial charge < -0.3 is 15.4 Å². The van der Waals surface area contributed by atoms with Gasteiger partial charge in [0, 0.05) is 40.8 Å². The molecule has 2 N–H and O–H groups in total. The van der Waals surface area contributed by atoms with Crippen molar-refractivity contribution in [1.29, 1.82) is 0 Å². The molecule has 39 heavy (non-hydrogen) atoms. The van der Waals surface area contributed by atoms with Crippen LogP contribution >= 0.6 is 11.3 Å². The number of nitrogens with zero attached hydrogens (tertiary/aromatic N) is 6. The van der Waals surface area contributed by atoms with Gasteiger partial charge in [0.15, 0.2) is 5.88 Å². The Morgan fingerprint density at radius 2 is 2.03 bits per heavy atom. The van der Waals surface area contributed by atoms with Crippen molar-refractivity contribution in [2.45, 2.75) is 64.6 Å². The number of rotatable bonds is 5. The van der Waals surface area contributed by atoms with Crippen LogP contribution in [0.15, 0.2) is 36.5 Å². The van der Waals surface area contributed by atoms with Crippen molar-refractivity contribution in [2.24, 2.45) is 5.73 Å². The van der Waals surface area contributed by atoms with Crippen LogP contribution in [-0.2, 0) is 6.42 Å². The number of aryl methyl sites for hydroxylation is 3. The van der Waals surface area contributed by atoms with E-state index in [1.54, 1.807) is 18.4 Å². The Bertz CT molecular complexity index is 1770. The lowest BCUT2D eigenvalue weighted by molar-refractivity contribution is 0.0726. The highest BCUT2D eigenvalue weighted by Crippen LogP contribution is 2.39. The maximum Gasteiger partial charge on any atom is 0.254 e. The summed E-state index contributed by atoms with van der Waals surface area (Å²) in [5.74, 6) is 0.578. The Labute approximate surface area is 230 Å². The molecule has 2 aliphatic rings. The van der Waals surface area contributed by atoms with Crippen LogP contribution in [0.5, 0.6) is 5.88 Å². The number of aromatic nitrogens is 5. The number of fused-ring (bicyclic) bond motifs is 4. The molecule has 5 aromatic heterocycles. The summed E-state index contributed by atoms with van der Waals surface area (Å²) in [6, 6.07) is 10.4. The Hall–Kier alpha value is -3.76. The molecule has 10 heteroatoms. The SMILES string of the molecule is CCc1ccc2cc(-c3nc4cc(C(=O)N5[C@H]6CC[C@@H]5[C@H](N)C6)cc(OC)n4c3C)n(-c3cnc(C)s3)c2n1. The van der Waals surface area contributed by atoms with Gasteiger partial charge in [-0.3, -0.25) is 13.8 Å². The molecule has 1 amide bonds. The molecule has 2 saturated heterocycles. The Balaban J connectivity index is 1.41. The summed E-state index contributed by atoms with van der Waals surface area (Å²) in [6.07, 6.45) is 5.60. The average Bonchev–Trinajstić information content (AvgIpc) is 3.75. The van der Waals surface area contributed by atoms with Crippen LogP contribution in [0.25, 0.3) is 33.1 Å². The van der Waals surface area contributed by atoms with Crippen molar-refractivity contribution in [1.82, 2.24) is 28.8 Å². The third kappa shape index (κ3) is 3.61. The number of carbonyl (C=O) groups is 1. The molecule has 3 atom stereocenters. The number of nitrogens with two attached hydrogens (primary N) is 1. The Kier molecular flexibility index (Phi) is 5.54. The molecule has 0 saturated carbocycles. The van der Waals surface area contributed by atoms with E-state index in [-0.39, 0.29) is 24.0 Å². The minimum Gasteiger partial charge on any atom is -0.482 e. The maximum atomic E-state index is 13.7. The second kappa shape index (κ2) is 8.89. The summed E-state index contributed by atoms with van der Waals surface area (Å²) in [5, 5.41) is 3.00. The van der Waals surface area contributed by atoms with Crippen molar-refractivity contribution in [3.8, 4) is 22.3 Å². The van der Waals surface area contributed by atoms with Gasteiger partial charge in [-0.2, -0.15) is 0 Å². The Morgan fingerprint density at radius 1 is 1.18 bits per heavy atom. The first kappa shape index (κ1) is 24.3. The molecule has 2 bridgehead atoms. The van der Waals surface area contributed by atoms with Crippen molar-refractivity contribution in [2.75, 3.05) is 7.11 Å². The number of amides is 1. The first-order chi connectivity index (χ1) is 18.9. The van der Waals surface area contributed by atoms with Crippen LogP contribution in [-0.4, -0.2) is 60.0 Å². The molecule has 0 aliphatic carbocycles. The molecule has 2 aliphatic heterocycles. The quantitative estimate of drug-likeness (QED) is 0.346. The number of imidazole rings is 1. The maximum absolute atomic E-state index is 13.7. The molecular formula is C29H31N7O2S. The van der Waals surface area contributed by atoms with E-state index in [1.165, 1.54) is 0 Å². The topological polar surface area (TPSA) is 104 Å². The predicted molar refractivity (Wildman–Crippen MR) is 152 cm³/mol. The molecule has 0 aromatic carbocycles. The minimum atomic E-state index is 0.00370. The highest BCUT2D eigenvalue weighted by Gasteiger charge is 2.47. The third-order valence-corrected chi connectivity index (χ3v) is 9.23. The van der Waals surface area contributed by atoms with E-state index in [0.717, 1.165) is 69.5 Å². The minimum absolute atomic E-state index is 0.00370. The van der Waals surface area contributed by atoms with Gasteiger partial charge in [0.25, 0.3) is 5.91 Å². The zero-order valence-corrected chi connectivity index (χ0v) is 23.3. The highest BCUT2D eigenvalue weighted by atomic mass is 32.1. The number of methoxy groups -OCH3 is 1. The van der Waals surface area contributed by atoms with Gasteiger partial charge in [0.05, 0.1) is 29.7 Å². The fourth-order valence-electron chi connectivity index (χ4n) is 6.46. The van der Waals surface area contributed by atoms with Gasteiger partial charge in [-0.25, -0.2) is 15.0 Å². The summed E-state index contributed by atoms with van der Waals surface area (Å²) in [5.41, 5.74) is 12.1. The number of thiazole rings is 1. The number of hydrogen-bond donors (Lipinski definition) is 1. The standard InChI is InChI=1S/C29H31N7O2S/c1-5-19-7-6-17-10-23(36(28(17)32-19)26-14-31-16(3)39-26)27-15(2)34-24(33-27)11-18(12-25(34)38-4)29(37)35-20-8-9-22(35)21(30)13-20/h6-7,10-12,14,20-22H,5,8-9,13,30H2,1-4H3/t20-,21+,22+/m0/s1. The van der Waals surface area contributed by atoms with Gasteiger partial charge in [-0.15, -0.1) is 11.3 Å². The molecule has 7 heterocycles. The van der Waals surface area contributed by atoms with Gasteiger partial charge >= 0.3 is 0 Å². The molecule has 2 fully saturated rings. The van der Waals surface area contributed by atoms with Crippen LogP contribution in [0, 0.1) is 13.8 Å². The summed E-state index contributed by atoms with van der Waals surface area (Å²) in [4.78, 5) is 30.3. The number of hydrogen-bond acceptors (Lipinski definition) is 7. The lowest BCUT2D eigenvalue weighted by Crippen LogP contribution is -2.40. The van der Waals surface area contributed by atoms with E-state index in [4.69, 9.17) is 20.4 Å². The fourth-order valence-corrected chi connectivity index (χ4v) is 7.25. The predicted octanol–water partition coefficient (Wildman–Crippen LogP) is 4.69. The largest absolute Gasteiger partial charge is 0.482 e. The van der Waals surface area contributed by atoms with E-state index >= 15 is 0 Å². The first-order valence-electron chi connectivity index (χ1n) is 13.5. The van der Waals surface area contributed by atoms with E-state index in [0.29, 0.717) is 17.1 Å². The molecular weight excluding hydrogens is 510 g/mol. The van der Waals surface area contributed by atoms with Crippen LogP contribution in [0.1, 0.15) is 52.9 Å². The van der Waals surface area contributed by atoms with E-state index < -0.39 is 0 Å². The van der Waals surface area contributed by atoms with Gasteiger partial charge in [-0.1, -0.05) is 6.92 Å². The highest BCUT2D eigenvalue weighted by molar-refractivity contribution is 7.14. The van der Waals surface area contributed by atoms with Crippen molar-refractivity contribution < 1.29 is 9.53 Å². The Morgan fingerprint density at radius 3 is 2.69 bits per heavy atom. The number of pyridine rings is 2. The first-order valence-corrected chi connectivity index (χ1v) is 14.3. The molecule has 5 aromatic rings. The summed E-state index contributed by atoms with van der Waals surface area (Å²) in [6.45, 7) is 6.14. The van der Waals surface area contributed by atoms with Gasteiger partial charge in [0.2, 0.25) is 0 Å².